The van der Waals surface area contributed by atoms with Crippen LogP contribution in [0.25, 0.3) is 0 Å². The summed E-state index contributed by atoms with van der Waals surface area (Å²) in [7, 11) is 0. The van der Waals surface area contributed by atoms with Crippen molar-refractivity contribution in [2.24, 2.45) is 5.92 Å². The predicted octanol–water partition coefficient (Wildman–Crippen LogP) is 4.91. The molecule has 1 atom stereocenters. The van der Waals surface area contributed by atoms with E-state index in [1.165, 1.54) is 51.9 Å². The molecule has 0 spiro atoms. The highest BCUT2D eigenvalue weighted by Gasteiger charge is 2.16. The highest BCUT2D eigenvalue weighted by molar-refractivity contribution is 5.72. The highest BCUT2D eigenvalue weighted by Crippen LogP contribution is 2.18. The van der Waals surface area contributed by atoms with Crippen LogP contribution in [0.15, 0.2) is 0 Å². The van der Waals surface area contributed by atoms with E-state index in [-0.39, 0.29) is 11.8 Å². The van der Waals surface area contributed by atoms with Crippen molar-refractivity contribution in [3.8, 4) is 0 Å². The van der Waals surface area contributed by atoms with Crippen molar-refractivity contribution >= 4 is 11.9 Å². The Bertz CT molecular complexity index is 305. The number of carbonyl (C=O) groups is 2. The highest BCUT2D eigenvalue weighted by atomic mass is 16.4. The second kappa shape index (κ2) is 15.8. The van der Waals surface area contributed by atoms with E-state index in [0.29, 0.717) is 6.54 Å². The molecule has 23 heavy (non-hydrogen) atoms. The molecular weight excluding hydrogens is 290 g/mol. The number of hydrogen-bond donors (Lipinski definition) is 2. The maximum Gasteiger partial charge on any atom is 0.306 e. The number of carbonyl (C=O) groups excluding carboxylic acids is 1. The first kappa shape index (κ1) is 21.9. The monoisotopic (exact) mass is 327 g/mol. The van der Waals surface area contributed by atoms with Crippen LogP contribution in [0.5, 0.6) is 0 Å². The Morgan fingerprint density at radius 2 is 1.30 bits per heavy atom. The van der Waals surface area contributed by atoms with E-state index in [9.17, 15) is 14.7 Å². The predicted molar refractivity (Wildman–Crippen MR) is 95.5 cm³/mol. The van der Waals surface area contributed by atoms with Gasteiger partial charge in [0.25, 0.3) is 0 Å². The summed E-state index contributed by atoms with van der Waals surface area (Å²) in [5.74, 6) is -0.825. The van der Waals surface area contributed by atoms with E-state index in [4.69, 9.17) is 0 Å². The van der Waals surface area contributed by atoms with E-state index in [1.807, 2.05) is 0 Å². The van der Waals surface area contributed by atoms with E-state index < -0.39 is 5.97 Å². The third-order valence-electron chi connectivity index (χ3n) is 4.36. The van der Waals surface area contributed by atoms with Crippen LogP contribution in [0.1, 0.15) is 97.3 Å². The first-order valence-corrected chi connectivity index (χ1v) is 9.55. The van der Waals surface area contributed by atoms with Crippen LogP contribution >= 0.6 is 0 Å². The lowest BCUT2D eigenvalue weighted by Gasteiger charge is -2.12. The van der Waals surface area contributed by atoms with Gasteiger partial charge in [0.2, 0.25) is 5.91 Å². The van der Waals surface area contributed by atoms with Crippen LogP contribution in [-0.2, 0) is 9.59 Å². The fourth-order valence-corrected chi connectivity index (χ4v) is 2.87. The zero-order valence-electron chi connectivity index (χ0n) is 15.2. The van der Waals surface area contributed by atoms with Crippen molar-refractivity contribution < 1.29 is 14.7 Å². The van der Waals surface area contributed by atoms with Crippen LogP contribution in [0, 0.1) is 5.92 Å². The van der Waals surface area contributed by atoms with Crippen molar-refractivity contribution in [2.75, 3.05) is 6.54 Å². The molecule has 0 fully saturated rings. The SMILES string of the molecule is CCCCCCCCCCC(CCCCCNC(C)=O)C(=O)O. The topological polar surface area (TPSA) is 66.4 Å². The molecule has 0 aliphatic rings. The maximum atomic E-state index is 11.3. The molecule has 4 heteroatoms. The van der Waals surface area contributed by atoms with Gasteiger partial charge in [0.05, 0.1) is 5.92 Å². The molecule has 0 aromatic heterocycles. The molecule has 1 unspecified atom stereocenters. The van der Waals surface area contributed by atoms with Gasteiger partial charge in [0, 0.05) is 13.5 Å². The van der Waals surface area contributed by atoms with Gasteiger partial charge in [-0.1, -0.05) is 71.1 Å². The number of unbranched alkanes of at least 4 members (excludes halogenated alkanes) is 9. The number of carboxylic acid groups (broad SMARTS) is 1. The molecule has 0 aliphatic heterocycles. The van der Waals surface area contributed by atoms with Gasteiger partial charge >= 0.3 is 5.97 Å². The molecule has 1 amide bonds. The van der Waals surface area contributed by atoms with E-state index >= 15 is 0 Å². The summed E-state index contributed by atoms with van der Waals surface area (Å²) in [6.07, 6.45) is 14.5. The van der Waals surface area contributed by atoms with Gasteiger partial charge in [-0.05, 0) is 19.3 Å². The minimum atomic E-state index is -0.644. The second-order valence-corrected chi connectivity index (χ2v) is 6.63. The Labute approximate surface area is 142 Å². The fourth-order valence-electron chi connectivity index (χ4n) is 2.87. The number of aliphatic carboxylic acids is 1. The Hall–Kier alpha value is -1.06. The summed E-state index contributed by atoms with van der Waals surface area (Å²) in [4.78, 5) is 22.0. The van der Waals surface area contributed by atoms with Crippen molar-refractivity contribution in [1.82, 2.24) is 5.32 Å². The number of carboxylic acids is 1. The average Bonchev–Trinajstić information content (AvgIpc) is 2.50. The number of amides is 1. The van der Waals surface area contributed by atoms with Crippen molar-refractivity contribution in [1.29, 1.82) is 0 Å². The molecule has 0 saturated heterocycles. The molecule has 136 valence electrons. The number of rotatable bonds is 16. The van der Waals surface area contributed by atoms with Crippen molar-refractivity contribution in [3.05, 3.63) is 0 Å². The lowest BCUT2D eigenvalue weighted by Crippen LogP contribution is -2.20. The molecule has 0 aromatic carbocycles. The minimum absolute atomic E-state index is 0.00288. The van der Waals surface area contributed by atoms with Gasteiger partial charge in [0.15, 0.2) is 0 Å². The Morgan fingerprint density at radius 1 is 0.826 bits per heavy atom. The summed E-state index contributed by atoms with van der Waals surface area (Å²) in [5, 5.41) is 12.1. The van der Waals surface area contributed by atoms with Crippen molar-refractivity contribution in [3.63, 3.8) is 0 Å². The molecule has 4 nitrogen and oxygen atoms in total. The smallest absolute Gasteiger partial charge is 0.306 e. The quantitative estimate of drug-likeness (QED) is 0.396. The summed E-state index contributed by atoms with van der Waals surface area (Å²) in [5.41, 5.74) is 0. The Kier molecular flexibility index (Phi) is 15.1. The Balaban J connectivity index is 3.55. The first-order chi connectivity index (χ1) is 11.1. The van der Waals surface area contributed by atoms with E-state index in [2.05, 4.69) is 12.2 Å². The standard InChI is InChI=1S/C19H37NO3/c1-3-4-5-6-7-8-9-11-14-18(19(22)23)15-12-10-13-16-20-17(2)21/h18H,3-16H2,1-2H3,(H,20,21)(H,22,23). The normalized spacial score (nSPS) is 12.1. The zero-order chi connectivity index (χ0) is 17.3. The molecule has 0 bridgehead atoms. The lowest BCUT2D eigenvalue weighted by atomic mass is 9.94. The molecule has 0 heterocycles. The van der Waals surface area contributed by atoms with Crippen LogP contribution in [0.3, 0.4) is 0 Å². The molecule has 0 radical (unpaired) electrons. The van der Waals surface area contributed by atoms with Gasteiger partial charge < -0.3 is 10.4 Å². The largest absolute Gasteiger partial charge is 0.481 e. The van der Waals surface area contributed by atoms with Crippen molar-refractivity contribution in [2.45, 2.75) is 97.3 Å². The molecule has 0 aromatic rings. The van der Waals surface area contributed by atoms with E-state index in [1.54, 1.807) is 0 Å². The second-order valence-electron chi connectivity index (χ2n) is 6.63. The molecule has 0 aliphatic carbocycles. The Morgan fingerprint density at radius 3 is 1.78 bits per heavy atom. The summed E-state index contributed by atoms with van der Waals surface area (Å²) >= 11 is 0. The third-order valence-corrected chi connectivity index (χ3v) is 4.36. The molecule has 2 N–H and O–H groups in total. The van der Waals surface area contributed by atoms with Gasteiger partial charge in [0.1, 0.15) is 0 Å². The van der Waals surface area contributed by atoms with Crippen LogP contribution in [-0.4, -0.2) is 23.5 Å². The van der Waals surface area contributed by atoms with Gasteiger partial charge in [-0.25, -0.2) is 0 Å². The summed E-state index contributed by atoms with van der Waals surface area (Å²) in [6.45, 7) is 4.45. The van der Waals surface area contributed by atoms with Crippen LogP contribution in [0.4, 0.5) is 0 Å². The lowest BCUT2D eigenvalue weighted by molar-refractivity contribution is -0.142. The fraction of sp³-hybridized carbons (Fsp3) is 0.895. The first-order valence-electron chi connectivity index (χ1n) is 9.55. The van der Waals surface area contributed by atoms with Gasteiger partial charge in [-0.2, -0.15) is 0 Å². The zero-order valence-corrected chi connectivity index (χ0v) is 15.2. The van der Waals surface area contributed by atoms with Gasteiger partial charge in [-0.15, -0.1) is 0 Å². The van der Waals surface area contributed by atoms with E-state index in [0.717, 1.165) is 38.5 Å². The van der Waals surface area contributed by atoms with Crippen LogP contribution < -0.4 is 5.32 Å². The van der Waals surface area contributed by atoms with Gasteiger partial charge in [-0.3, -0.25) is 9.59 Å². The van der Waals surface area contributed by atoms with Crippen LogP contribution in [0.2, 0.25) is 0 Å². The average molecular weight is 328 g/mol. The minimum Gasteiger partial charge on any atom is -0.481 e. The maximum absolute atomic E-state index is 11.3. The number of nitrogens with one attached hydrogen (secondary N) is 1. The molecule has 0 saturated carbocycles. The third kappa shape index (κ3) is 15.6. The summed E-state index contributed by atoms with van der Waals surface area (Å²) < 4.78 is 0. The molecule has 0 rings (SSSR count). The molecular formula is C19H37NO3. The number of hydrogen-bond acceptors (Lipinski definition) is 2. The summed E-state index contributed by atoms with van der Waals surface area (Å²) in [6, 6.07) is 0.